The quantitative estimate of drug-likeness (QED) is 0.543. The van der Waals surface area contributed by atoms with Crippen molar-refractivity contribution in [1.82, 2.24) is 4.90 Å². The third-order valence-corrected chi connectivity index (χ3v) is 1.84. The van der Waals surface area contributed by atoms with E-state index in [1.54, 1.807) is 0 Å². The van der Waals surface area contributed by atoms with E-state index < -0.39 is 0 Å². The summed E-state index contributed by atoms with van der Waals surface area (Å²) in [5, 5.41) is 0. The van der Waals surface area contributed by atoms with Crippen LogP contribution in [0.15, 0.2) is 12.2 Å². The zero-order valence-corrected chi connectivity index (χ0v) is 7.59. The Kier molecular flexibility index (Phi) is 5.32. The van der Waals surface area contributed by atoms with Gasteiger partial charge in [0, 0.05) is 6.04 Å². The summed E-state index contributed by atoms with van der Waals surface area (Å²) in [6.45, 7) is 7.68. The second-order valence-electron chi connectivity index (χ2n) is 2.65. The lowest BCUT2D eigenvalue weighted by molar-refractivity contribution is 0.313. The molecular formula is C9H19N. The predicted octanol–water partition coefficient (Wildman–Crippen LogP) is 2.29. The lowest BCUT2D eigenvalue weighted by Gasteiger charge is -2.19. The zero-order valence-electron chi connectivity index (χ0n) is 7.59. The first-order valence-corrected chi connectivity index (χ1v) is 4.09. The molecule has 0 aliphatic heterocycles. The molecule has 0 aliphatic rings. The second-order valence-corrected chi connectivity index (χ2v) is 2.65. The summed E-state index contributed by atoms with van der Waals surface area (Å²) in [5.74, 6) is 0. The van der Waals surface area contributed by atoms with Crippen LogP contribution in [0.2, 0.25) is 0 Å². The van der Waals surface area contributed by atoms with Gasteiger partial charge in [0.05, 0.1) is 0 Å². The van der Waals surface area contributed by atoms with Gasteiger partial charge in [-0.3, -0.25) is 0 Å². The summed E-state index contributed by atoms with van der Waals surface area (Å²) in [5.41, 5.74) is 0. The Morgan fingerprint density at radius 3 is 2.40 bits per heavy atom. The van der Waals surface area contributed by atoms with Crippen molar-refractivity contribution in [2.45, 2.75) is 33.2 Å². The van der Waals surface area contributed by atoms with Crippen molar-refractivity contribution in [3.63, 3.8) is 0 Å². The Balaban J connectivity index is 3.60. The fourth-order valence-corrected chi connectivity index (χ4v) is 0.768. The van der Waals surface area contributed by atoms with Crippen molar-refractivity contribution in [3.8, 4) is 0 Å². The van der Waals surface area contributed by atoms with Crippen molar-refractivity contribution in [1.29, 1.82) is 0 Å². The molecule has 60 valence electrons. The third kappa shape index (κ3) is 3.67. The van der Waals surface area contributed by atoms with Gasteiger partial charge in [-0.15, -0.1) is 0 Å². The summed E-state index contributed by atoms with van der Waals surface area (Å²) < 4.78 is 0. The Bertz CT molecular complexity index is 96.9. The average Bonchev–Trinajstić information content (AvgIpc) is 1.98. The molecule has 1 nitrogen and oxygen atoms in total. The summed E-state index contributed by atoms with van der Waals surface area (Å²) in [6.07, 6.45) is 5.61. The molecule has 0 saturated heterocycles. The van der Waals surface area contributed by atoms with Gasteiger partial charge < -0.3 is 4.90 Å². The number of hydrogen-bond acceptors (Lipinski definition) is 1. The first-order chi connectivity index (χ1) is 4.72. The van der Waals surface area contributed by atoms with Crippen LogP contribution in [-0.4, -0.2) is 24.5 Å². The molecule has 0 heterocycles. The molecule has 0 spiro atoms. The van der Waals surface area contributed by atoms with E-state index in [0.717, 1.165) is 13.0 Å². The van der Waals surface area contributed by atoms with E-state index in [1.165, 1.54) is 0 Å². The maximum Gasteiger partial charge on any atom is 0.0246 e. The molecule has 1 heteroatoms. The molecule has 0 fully saturated rings. The summed E-state index contributed by atoms with van der Waals surface area (Å²) in [7, 11) is 2.14. The topological polar surface area (TPSA) is 3.24 Å². The van der Waals surface area contributed by atoms with Crippen LogP contribution in [0, 0.1) is 0 Å². The molecule has 1 unspecified atom stereocenters. The van der Waals surface area contributed by atoms with Crippen molar-refractivity contribution in [3.05, 3.63) is 12.2 Å². The standard InChI is InChI=1S/C9H19N/c1-5-7-8-9(3)10(4)6-2/h7-9H,5-6H2,1-4H3/b8-7-. The first-order valence-electron chi connectivity index (χ1n) is 4.09. The zero-order chi connectivity index (χ0) is 7.98. The minimum absolute atomic E-state index is 0.588. The highest BCUT2D eigenvalue weighted by Crippen LogP contribution is 1.96. The van der Waals surface area contributed by atoms with Crippen LogP contribution in [0.1, 0.15) is 27.2 Å². The van der Waals surface area contributed by atoms with Crippen molar-refractivity contribution in [2.24, 2.45) is 0 Å². The Morgan fingerprint density at radius 1 is 1.40 bits per heavy atom. The molecule has 0 rings (SSSR count). The van der Waals surface area contributed by atoms with Crippen molar-refractivity contribution in [2.75, 3.05) is 13.6 Å². The number of hydrogen-bond donors (Lipinski definition) is 0. The van der Waals surface area contributed by atoms with Gasteiger partial charge in [-0.25, -0.2) is 0 Å². The fourth-order valence-electron chi connectivity index (χ4n) is 0.768. The van der Waals surface area contributed by atoms with Crippen LogP contribution in [0.25, 0.3) is 0 Å². The summed E-state index contributed by atoms with van der Waals surface area (Å²) in [4.78, 5) is 2.31. The maximum atomic E-state index is 2.31. The van der Waals surface area contributed by atoms with E-state index in [1.807, 2.05) is 0 Å². The SMILES string of the molecule is CC/C=C\C(C)N(C)CC. The highest BCUT2D eigenvalue weighted by atomic mass is 15.1. The molecule has 0 aromatic carbocycles. The monoisotopic (exact) mass is 141 g/mol. The number of rotatable bonds is 4. The van der Waals surface area contributed by atoms with Gasteiger partial charge in [0.2, 0.25) is 0 Å². The van der Waals surface area contributed by atoms with Gasteiger partial charge >= 0.3 is 0 Å². The van der Waals surface area contributed by atoms with Crippen molar-refractivity contribution < 1.29 is 0 Å². The molecule has 1 atom stereocenters. The number of likely N-dealkylation sites (N-methyl/N-ethyl adjacent to an activating group) is 1. The van der Waals surface area contributed by atoms with Crippen LogP contribution >= 0.6 is 0 Å². The normalized spacial score (nSPS) is 14.9. The minimum Gasteiger partial charge on any atom is -0.301 e. The second kappa shape index (κ2) is 5.48. The summed E-state index contributed by atoms with van der Waals surface area (Å²) in [6, 6.07) is 0.588. The number of allylic oxidation sites excluding steroid dienone is 1. The highest BCUT2D eigenvalue weighted by Gasteiger charge is 1.99. The molecule has 0 aromatic rings. The van der Waals surface area contributed by atoms with E-state index in [4.69, 9.17) is 0 Å². The number of nitrogens with zero attached hydrogens (tertiary/aromatic N) is 1. The highest BCUT2D eigenvalue weighted by molar-refractivity contribution is 4.90. The Hall–Kier alpha value is -0.300. The van der Waals surface area contributed by atoms with Gasteiger partial charge in [0.15, 0.2) is 0 Å². The largest absolute Gasteiger partial charge is 0.301 e. The smallest absolute Gasteiger partial charge is 0.0246 e. The lowest BCUT2D eigenvalue weighted by atomic mass is 10.2. The van der Waals surface area contributed by atoms with Gasteiger partial charge in [-0.2, -0.15) is 0 Å². The average molecular weight is 141 g/mol. The van der Waals surface area contributed by atoms with Crippen LogP contribution in [-0.2, 0) is 0 Å². The molecular weight excluding hydrogens is 122 g/mol. The Labute approximate surface area is 64.7 Å². The minimum atomic E-state index is 0.588. The fraction of sp³-hybridized carbons (Fsp3) is 0.778. The van der Waals surface area contributed by atoms with E-state index in [0.29, 0.717) is 6.04 Å². The lowest BCUT2D eigenvalue weighted by Crippen LogP contribution is -2.26. The van der Waals surface area contributed by atoms with E-state index in [9.17, 15) is 0 Å². The molecule has 0 aromatic heterocycles. The summed E-state index contributed by atoms with van der Waals surface area (Å²) >= 11 is 0. The third-order valence-electron chi connectivity index (χ3n) is 1.84. The molecule has 0 radical (unpaired) electrons. The molecule has 0 aliphatic carbocycles. The molecule has 0 bridgehead atoms. The van der Waals surface area contributed by atoms with Gasteiger partial charge in [-0.1, -0.05) is 26.0 Å². The Morgan fingerprint density at radius 2 is 2.00 bits per heavy atom. The van der Waals surface area contributed by atoms with Gasteiger partial charge in [-0.05, 0) is 26.9 Å². The molecule has 10 heavy (non-hydrogen) atoms. The van der Waals surface area contributed by atoms with Gasteiger partial charge in [0.25, 0.3) is 0 Å². The van der Waals surface area contributed by atoms with Crippen LogP contribution in [0.3, 0.4) is 0 Å². The first kappa shape index (κ1) is 9.70. The molecule has 0 N–H and O–H groups in total. The van der Waals surface area contributed by atoms with Gasteiger partial charge in [0.1, 0.15) is 0 Å². The van der Waals surface area contributed by atoms with E-state index in [-0.39, 0.29) is 0 Å². The van der Waals surface area contributed by atoms with Crippen LogP contribution < -0.4 is 0 Å². The van der Waals surface area contributed by atoms with Crippen LogP contribution in [0.4, 0.5) is 0 Å². The maximum absolute atomic E-state index is 2.31. The molecule has 0 saturated carbocycles. The van der Waals surface area contributed by atoms with E-state index in [2.05, 4.69) is 44.9 Å². The van der Waals surface area contributed by atoms with E-state index >= 15 is 0 Å². The predicted molar refractivity (Wildman–Crippen MR) is 47.2 cm³/mol. The van der Waals surface area contributed by atoms with Crippen molar-refractivity contribution >= 4 is 0 Å². The van der Waals surface area contributed by atoms with Crippen LogP contribution in [0.5, 0.6) is 0 Å². The molecule has 0 amide bonds.